The van der Waals surface area contributed by atoms with Crippen molar-refractivity contribution in [3.63, 3.8) is 0 Å². The van der Waals surface area contributed by atoms with Crippen LogP contribution < -0.4 is 0 Å². The summed E-state index contributed by atoms with van der Waals surface area (Å²) >= 11 is 0. The van der Waals surface area contributed by atoms with E-state index >= 15 is 0 Å². The lowest BCUT2D eigenvalue weighted by atomic mass is 10.2. The topological polar surface area (TPSA) is 63.7 Å². The van der Waals surface area contributed by atoms with Crippen molar-refractivity contribution in [3.05, 3.63) is 0 Å². The molecule has 1 unspecified atom stereocenters. The van der Waals surface area contributed by atoms with Crippen molar-refractivity contribution in [1.82, 2.24) is 4.90 Å². The van der Waals surface area contributed by atoms with Crippen molar-refractivity contribution < 1.29 is 39.9 Å². The summed E-state index contributed by atoms with van der Waals surface area (Å²) in [5.74, 6) is -6.03. The number of rotatable bonds is 7. The van der Waals surface area contributed by atoms with Crippen LogP contribution in [0.15, 0.2) is 0 Å². The Balaban J connectivity index is 2.52. The summed E-state index contributed by atoms with van der Waals surface area (Å²) in [7, 11) is -3.80. The molecule has 1 heterocycles. The van der Waals surface area contributed by atoms with Gasteiger partial charge in [0.15, 0.2) is 0 Å². The minimum atomic E-state index is -5.69. The molecule has 0 saturated carbocycles. The fourth-order valence-electron chi connectivity index (χ4n) is 2.77. The molecule has 0 aliphatic carbocycles. The maximum atomic E-state index is 12.8. The Hall–Kier alpha value is -1.13. The van der Waals surface area contributed by atoms with E-state index in [1.54, 1.807) is 20.8 Å². The van der Waals surface area contributed by atoms with E-state index in [4.69, 9.17) is 4.74 Å². The summed E-state index contributed by atoms with van der Waals surface area (Å²) in [6, 6.07) is -0.355. The van der Waals surface area contributed by atoms with Crippen LogP contribution in [0.25, 0.3) is 0 Å². The summed E-state index contributed by atoms with van der Waals surface area (Å²) < 4.78 is 91.1. The molecule has 1 aliphatic rings. The van der Waals surface area contributed by atoms with E-state index in [-0.39, 0.29) is 18.2 Å². The van der Waals surface area contributed by atoms with Crippen LogP contribution in [0.4, 0.5) is 26.7 Å². The van der Waals surface area contributed by atoms with Crippen LogP contribution in [0, 0.1) is 0 Å². The molecule has 1 fully saturated rings. The molecule has 0 aromatic rings. The molecule has 1 saturated heterocycles. The summed E-state index contributed by atoms with van der Waals surface area (Å²) in [6.45, 7) is 5.54. The summed E-state index contributed by atoms with van der Waals surface area (Å²) in [4.78, 5) is 13.6. The van der Waals surface area contributed by atoms with Crippen LogP contribution in [0.5, 0.6) is 0 Å². The van der Waals surface area contributed by atoms with Crippen LogP contribution in [0.2, 0.25) is 0 Å². The first-order chi connectivity index (χ1) is 12.0. The number of carbonyl (C=O) groups excluding carboxylic acids is 1. The lowest BCUT2D eigenvalue weighted by Crippen LogP contribution is -2.40. The highest BCUT2D eigenvalue weighted by atomic mass is 32.2. The smallest absolute Gasteiger partial charge is 0.444 e. The highest BCUT2D eigenvalue weighted by molar-refractivity contribution is 7.91. The molecule has 0 radical (unpaired) electrons. The Labute approximate surface area is 156 Å². The number of sulfone groups is 1. The molecule has 0 aromatic carbocycles. The third-order valence-electron chi connectivity index (χ3n) is 4.13. The van der Waals surface area contributed by atoms with Crippen LogP contribution in [0.3, 0.4) is 0 Å². The fourth-order valence-corrected chi connectivity index (χ4v) is 4.19. The summed E-state index contributed by atoms with van der Waals surface area (Å²) in [6.07, 6.45) is -7.22. The molecule has 0 N–H and O–H groups in total. The van der Waals surface area contributed by atoms with Gasteiger partial charge in [-0.15, -0.1) is 0 Å². The monoisotopic (exact) mass is 423 g/mol. The number of halogens is 5. The molecule has 1 aliphatic heterocycles. The quantitative estimate of drug-likeness (QED) is 0.577. The van der Waals surface area contributed by atoms with Gasteiger partial charge in [0, 0.05) is 19.0 Å². The van der Waals surface area contributed by atoms with Gasteiger partial charge in [0.2, 0.25) is 0 Å². The molecule has 160 valence electrons. The predicted molar refractivity (Wildman–Crippen MR) is 89.5 cm³/mol. The lowest BCUT2D eigenvalue weighted by molar-refractivity contribution is -0.284. The Morgan fingerprint density at radius 2 is 1.70 bits per heavy atom. The predicted octanol–water partition coefficient (Wildman–Crippen LogP) is 4.17. The third-order valence-corrected chi connectivity index (χ3v) is 5.90. The van der Waals surface area contributed by atoms with Crippen molar-refractivity contribution in [2.24, 2.45) is 0 Å². The van der Waals surface area contributed by atoms with E-state index in [0.29, 0.717) is 19.4 Å². The van der Waals surface area contributed by atoms with E-state index in [0.717, 1.165) is 0 Å². The SMILES string of the molecule is CC(C)(C)OC(=O)N1CCCC1CCS(=O)(=O)CCCC(F)(F)C(F)(F)F. The number of hydrogen-bond donors (Lipinski definition) is 0. The molecule has 0 bridgehead atoms. The Bertz CT molecular complexity index is 613. The minimum absolute atomic E-state index is 0.0945. The van der Waals surface area contributed by atoms with Gasteiger partial charge in [-0.05, 0) is 46.5 Å². The third kappa shape index (κ3) is 7.79. The zero-order valence-corrected chi connectivity index (χ0v) is 16.4. The zero-order chi connectivity index (χ0) is 21.1. The van der Waals surface area contributed by atoms with Gasteiger partial charge in [-0.3, -0.25) is 0 Å². The van der Waals surface area contributed by atoms with E-state index in [9.17, 15) is 35.2 Å². The highest BCUT2D eigenvalue weighted by Gasteiger charge is 2.56. The number of amides is 1. The van der Waals surface area contributed by atoms with Gasteiger partial charge < -0.3 is 9.64 Å². The molecule has 1 amide bonds. The molecule has 1 atom stereocenters. The Morgan fingerprint density at radius 1 is 1.11 bits per heavy atom. The van der Waals surface area contributed by atoms with E-state index < -0.39 is 52.2 Å². The van der Waals surface area contributed by atoms with Crippen LogP contribution in [-0.4, -0.2) is 61.2 Å². The molecule has 1 rings (SSSR count). The Kier molecular flexibility index (Phi) is 7.51. The fraction of sp³-hybridized carbons (Fsp3) is 0.938. The van der Waals surface area contributed by atoms with Crippen molar-refractivity contribution in [3.8, 4) is 0 Å². The molecular weight excluding hydrogens is 397 g/mol. The number of hydrogen-bond acceptors (Lipinski definition) is 4. The van der Waals surface area contributed by atoms with Gasteiger partial charge in [-0.1, -0.05) is 0 Å². The number of alkyl halides is 5. The normalized spacial score (nSPS) is 19.4. The van der Waals surface area contributed by atoms with Gasteiger partial charge in [-0.25, -0.2) is 13.2 Å². The zero-order valence-electron chi connectivity index (χ0n) is 15.6. The van der Waals surface area contributed by atoms with Crippen LogP contribution in [0.1, 0.15) is 52.9 Å². The molecule has 11 heteroatoms. The first-order valence-electron chi connectivity index (χ1n) is 8.69. The average Bonchev–Trinajstić information content (AvgIpc) is 2.90. The molecule has 5 nitrogen and oxygen atoms in total. The van der Waals surface area contributed by atoms with Crippen molar-refractivity contribution in [2.75, 3.05) is 18.1 Å². The molecule has 0 spiro atoms. The van der Waals surface area contributed by atoms with E-state index in [1.165, 1.54) is 4.90 Å². The van der Waals surface area contributed by atoms with Crippen LogP contribution in [-0.2, 0) is 14.6 Å². The van der Waals surface area contributed by atoms with E-state index in [1.807, 2.05) is 0 Å². The second-order valence-corrected chi connectivity index (χ2v) is 10.0. The summed E-state index contributed by atoms with van der Waals surface area (Å²) in [5, 5.41) is 0. The minimum Gasteiger partial charge on any atom is -0.444 e. The first-order valence-corrected chi connectivity index (χ1v) is 10.5. The lowest BCUT2D eigenvalue weighted by Gasteiger charge is -2.28. The number of nitrogens with zero attached hydrogens (tertiary/aromatic N) is 1. The second kappa shape index (κ2) is 8.48. The van der Waals surface area contributed by atoms with Gasteiger partial charge >= 0.3 is 18.2 Å². The number of ether oxygens (including phenoxy) is 1. The van der Waals surface area contributed by atoms with Crippen molar-refractivity contribution in [2.45, 2.75) is 76.6 Å². The largest absolute Gasteiger partial charge is 0.453 e. The van der Waals surface area contributed by atoms with Gasteiger partial charge in [0.1, 0.15) is 15.4 Å². The van der Waals surface area contributed by atoms with Gasteiger partial charge in [0.05, 0.1) is 11.5 Å². The van der Waals surface area contributed by atoms with Crippen molar-refractivity contribution in [1.29, 1.82) is 0 Å². The standard InChI is InChI=1S/C16H26F5NO4S/c1-14(2,3)26-13(23)22-9-4-6-12(22)7-11-27(24,25)10-5-8-15(17,18)16(19,20)21/h12H,4-11H2,1-3H3. The highest BCUT2D eigenvalue weighted by Crippen LogP contribution is 2.38. The molecule has 0 aromatic heterocycles. The maximum Gasteiger partial charge on any atom is 0.453 e. The van der Waals surface area contributed by atoms with Crippen molar-refractivity contribution >= 4 is 15.9 Å². The van der Waals surface area contributed by atoms with Gasteiger partial charge in [0.25, 0.3) is 0 Å². The average molecular weight is 423 g/mol. The van der Waals surface area contributed by atoms with E-state index in [2.05, 4.69) is 0 Å². The second-order valence-electron chi connectivity index (χ2n) is 7.72. The van der Waals surface area contributed by atoms with Crippen LogP contribution >= 0.6 is 0 Å². The molecule has 27 heavy (non-hydrogen) atoms. The number of likely N-dealkylation sites (tertiary alicyclic amines) is 1. The Morgan fingerprint density at radius 3 is 2.22 bits per heavy atom. The summed E-state index contributed by atoms with van der Waals surface area (Å²) in [5.41, 5.74) is -0.694. The van der Waals surface area contributed by atoms with Gasteiger partial charge in [-0.2, -0.15) is 22.0 Å². The number of carbonyl (C=O) groups is 1. The molecular formula is C16H26F5NO4S. The maximum absolute atomic E-state index is 12.8. The first kappa shape index (κ1) is 23.9.